The third-order valence-electron chi connectivity index (χ3n) is 3.26. The molecule has 0 amide bonds. The van der Waals surface area contributed by atoms with Crippen LogP contribution in [0.15, 0.2) is 23.1 Å². The molecule has 0 spiro atoms. The van der Waals surface area contributed by atoms with Gasteiger partial charge < -0.3 is 9.84 Å². The lowest BCUT2D eigenvalue weighted by molar-refractivity contribution is -0.141. The molecule has 0 aromatic heterocycles. The fraction of sp³-hybridized carbons (Fsp3) is 0.417. The number of hydrogen-bond donors (Lipinski definition) is 1. The molecule has 110 valence electrons. The maximum atomic E-state index is 12.4. The van der Waals surface area contributed by atoms with Crippen molar-refractivity contribution in [2.45, 2.75) is 11.3 Å². The molecule has 6 nitrogen and oxygen atoms in total. The molecule has 0 bridgehead atoms. The number of methoxy groups -OCH3 is 1. The SMILES string of the molecule is COc1cc(S(=O)(=O)N2CCC(C(=O)O)C2)ccc1Cl. The molecule has 0 saturated carbocycles. The van der Waals surface area contributed by atoms with Crippen LogP contribution in [0.1, 0.15) is 6.42 Å². The third kappa shape index (κ3) is 2.74. The van der Waals surface area contributed by atoms with Crippen LogP contribution in [0.4, 0.5) is 0 Å². The summed E-state index contributed by atoms with van der Waals surface area (Å²) in [6.07, 6.45) is 0.319. The Morgan fingerprint density at radius 2 is 2.20 bits per heavy atom. The largest absolute Gasteiger partial charge is 0.495 e. The Labute approximate surface area is 122 Å². The van der Waals surface area contributed by atoms with Crippen molar-refractivity contribution in [1.29, 1.82) is 0 Å². The van der Waals surface area contributed by atoms with Crippen LogP contribution in [0.25, 0.3) is 0 Å². The number of carboxylic acid groups (broad SMARTS) is 1. The number of hydrogen-bond acceptors (Lipinski definition) is 4. The highest BCUT2D eigenvalue weighted by Crippen LogP contribution is 2.30. The van der Waals surface area contributed by atoms with Crippen LogP contribution >= 0.6 is 11.6 Å². The predicted molar refractivity (Wildman–Crippen MR) is 72.5 cm³/mol. The topological polar surface area (TPSA) is 83.9 Å². The molecule has 1 saturated heterocycles. The Bertz CT molecular complexity index is 631. The van der Waals surface area contributed by atoms with Crippen LogP contribution in [0, 0.1) is 5.92 Å². The van der Waals surface area contributed by atoms with E-state index in [4.69, 9.17) is 21.4 Å². The predicted octanol–water partition coefficient (Wildman–Crippen LogP) is 1.44. The van der Waals surface area contributed by atoms with Crippen LogP contribution < -0.4 is 4.74 Å². The molecule has 0 aliphatic carbocycles. The molecule has 20 heavy (non-hydrogen) atoms. The van der Waals surface area contributed by atoms with Crippen molar-refractivity contribution in [3.05, 3.63) is 23.2 Å². The number of aliphatic carboxylic acids is 1. The van der Waals surface area contributed by atoms with E-state index in [9.17, 15) is 13.2 Å². The molecule has 1 aromatic rings. The third-order valence-corrected chi connectivity index (χ3v) is 5.43. The maximum Gasteiger partial charge on any atom is 0.307 e. The lowest BCUT2D eigenvalue weighted by atomic mass is 10.1. The van der Waals surface area contributed by atoms with E-state index in [1.165, 1.54) is 29.6 Å². The number of benzene rings is 1. The van der Waals surface area contributed by atoms with Gasteiger partial charge in [-0.2, -0.15) is 4.31 Å². The monoisotopic (exact) mass is 319 g/mol. The molecule has 1 aliphatic heterocycles. The number of ether oxygens (including phenoxy) is 1. The number of carboxylic acids is 1. The van der Waals surface area contributed by atoms with Gasteiger partial charge in [-0.3, -0.25) is 4.79 Å². The van der Waals surface area contributed by atoms with Crippen LogP contribution in [-0.2, 0) is 14.8 Å². The highest BCUT2D eigenvalue weighted by molar-refractivity contribution is 7.89. The van der Waals surface area contributed by atoms with Gasteiger partial charge in [-0.1, -0.05) is 11.6 Å². The number of sulfonamides is 1. The van der Waals surface area contributed by atoms with E-state index in [0.717, 1.165) is 0 Å². The molecule has 1 atom stereocenters. The summed E-state index contributed by atoms with van der Waals surface area (Å²) < 4.78 is 31.0. The Morgan fingerprint density at radius 1 is 1.50 bits per heavy atom. The first kappa shape index (κ1) is 15.1. The van der Waals surface area contributed by atoms with Gasteiger partial charge in [-0.25, -0.2) is 8.42 Å². The Hall–Kier alpha value is -1.31. The van der Waals surface area contributed by atoms with Gasteiger partial charge >= 0.3 is 5.97 Å². The fourth-order valence-corrected chi connectivity index (χ4v) is 3.81. The van der Waals surface area contributed by atoms with Gasteiger partial charge in [-0.15, -0.1) is 0 Å². The summed E-state index contributed by atoms with van der Waals surface area (Å²) >= 11 is 5.86. The summed E-state index contributed by atoms with van der Waals surface area (Å²) in [6.45, 7) is 0.187. The number of carbonyl (C=O) groups is 1. The zero-order valence-electron chi connectivity index (χ0n) is 10.7. The molecular formula is C12H14ClNO5S. The first-order valence-corrected chi connectivity index (χ1v) is 7.74. The highest BCUT2D eigenvalue weighted by atomic mass is 35.5. The minimum absolute atomic E-state index is 0.0113. The molecule has 8 heteroatoms. The van der Waals surface area contributed by atoms with Gasteiger partial charge in [0.2, 0.25) is 10.0 Å². The second kappa shape index (κ2) is 5.59. The van der Waals surface area contributed by atoms with E-state index in [1.807, 2.05) is 0 Å². The van der Waals surface area contributed by atoms with Crippen LogP contribution in [0.2, 0.25) is 5.02 Å². The standard InChI is InChI=1S/C12H14ClNO5S/c1-19-11-6-9(2-3-10(11)13)20(17,18)14-5-4-8(7-14)12(15)16/h2-3,6,8H,4-5,7H2,1H3,(H,15,16). The molecule has 1 unspecified atom stereocenters. The van der Waals surface area contributed by atoms with Crippen molar-refractivity contribution >= 4 is 27.6 Å². The van der Waals surface area contributed by atoms with Crippen molar-refractivity contribution in [3.8, 4) is 5.75 Å². The van der Waals surface area contributed by atoms with Gasteiger partial charge in [0.1, 0.15) is 5.75 Å². The quantitative estimate of drug-likeness (QED) is 0.908. The van der Waals surface area contributed by atoms with Crippen LogP contribution in [-0.4, -0.2) is 44.0 Å². The van der Waals surface area contributed by atoms with Gasteiger partial charge in [0.05, 0.1) is 22.9 Å². The molecule has 1 aromatic carbocycles. The van der Waals surface area contributed by atoms with Crippen molar-refractivity contribution in [1.82, 2.24) is 4.31 Å². The minimum Gasteiger partial charge on any atom is -0.495 e. The fourth-order valence-electron chi connectivity index (χ4n) is 2.10. The van der Waals surface area contributed by atoms with E-state index in [1.54, 1.807) is 0 Å². The first-order chi connectivity index (χ1) is 9.36. The summed E-state index contributed by atoms with van der Waals surface area (Å²) in [5.74, 6) is -1.36. The Morgan fingerprint density at radius 3 is 2.75 bits per heavy atom. The van der Waals surface area contributed by atoms with Gasteiger partial charge in [0.25, 0.3) is 0 Å². The van der Waals surface area contributed by atoms with E-state index in [2.05, 4.69) is 0 Å². The average Bonchev–Trinajstić information content (AvgIpc) is 2.89. The van der Waals surface area contributed by atoms with E-state index in [-0.39, 0.29) is 23.7 Å². The van der Waals surface area contributed by atoms with Gasteiger partial charge in [0.15, 0.2) is 0 Å². The summed E-state index contributed by atoms with van der Waals surface area (Å²) in [7, 11) is -2.33. The summed E-state index contributed by atoms with van der Waals surface area (Å²) in [5, 5.41) is 9.24. The lowest BCUT2D eigenvalue weighted by Crippen LogP contribution is -2.30. The molecule has 1 N–H and O–H groups in total. The summed E-state index contributed by atoms with van der Waals surface area (Å²) in [4.78, 5) is 10.9. The van der Waals surface area contributed by atoms with Crippen LogP contribution in [0.5, 0.6) is 5.75 Å². The molecule has 1 fully saturated rings. The molecule has 0 radical (unpaired) electrons. The second-order valence-electron chi connectivity index (χ2n) is 4.48. The number of halogens is 1. The van der Waals surface area contributed by atoms with Crippen molar-refractivity contribution < 1.29 is 23.1 Å². The number of nitrogens with zero attached hydrogens (tertiary/aromatic N) is 1. The average molecular weight is 320 g/mol. The van der Waals surface area contributed by atoms with Gasteiger partial charge in [0, 0.05) is 19.2 Å². The van der Waals surface area contributed by atoms with E-state index in [0.29, 0.717) is 11.4 Å². The zero-order valence-corrected chi connectivity index (χ0v) is 12.3. The highest BCUT2D eigenvalue weighted by Gasteiger charge is 2.36. The minimum atomic E-state index is -3.72. The lowest BCUT2D eigenvalue weighted by Gasteiger charge is -2.16. The second-order valence-corrected chi connectivity index (χ2v) is 6.83. The normalized spacial score (nSPS) is 20.0. The van der Waals surface area contributed by atoms with Crippen molar-refractivity contribution in [2.75, 3.05) is 20.2 Å². The number of rotatable bonds is 4. The Kier molecular flexibility index (Phi) is 4.22. The van der Waals surface area contributed by atoms with E-state index >= 15 is 0 Å². The molecular weight excluding hydrogens is 306 g/mol. The van der Waals surface area contributed by atoms with Crippen LogP contribution in [0.3, 0.4) is 0 Å². The molecule has 1 aliphatic rings. The summed E-state index contributed by atoms with van der Waals surface area (Å²) in [6, 6.07) is 4.16. The zero-order chi connectivity index (χ0) is 14.9. The molecule has 1 heterocycles. The molecule has 2 rings (SSSR count). The first-order valence-electron chi connectivity index (χ1n) is 5.92. The Balaban J connectivity index is 2.30. The van der Waals surface area contributed by atoms with Crippen molar-refractivity contribution in [3.63, 3.8) is 0 Å². The van der Waals surface area contributed by atoms with Crippen molar-refractivity contribution in [2.24, 2.45) is 5.92 Å². The maximum absolute atomic E-state index is 12.4. The van der Waals surface area contributed by atoms with E-state index < -0.39 is 21.9 Å². The van der Waals surface area contributed by atoms with Gasteiger partial charge in [-0.05, 0) is 18.6 Å². The smallest absolute Gasteiger partial charge is 0.307 e. The summed E-state index contributed by atoms with van der Waals surface area (Å²) in [5.41, 5.74) is 0.